The standard InChI is InChI=1S/C25H22N4O4/c1-3-32-24(30)22-28-21-10-5-4-9-20(21)23(29-22)33-19-13-11-17(12-14-19)26-25(31)27-18-8-6-7-16(2)15-18/h4-15H,3H2,1-2H3,(H2,26,27,31). The average Bonchev–Trinajstić information content (AvgIpc) is 2.80. The molecule has 8 nitrogen and oxygen atoms in total. The van der Waals surface area contributed by atoms with Crippen molar-refractivity contribution in [2.24, 2.45) is 0 Å². The van der Waals surface area contributed by atoms with Crippen molar-refractivity contribution < 1.29 is 19.1 Å². The molecule has 0 aliphatic carbocycles. The van der Waals surface area contributed by atoms with Crippen LogP contribution in [0.2, 0.25) is 0 Å². The highest BCUT2D eigenvalue weighted by Crippen LogP contribution is 2.28. The van der Waals surface area contributed by atoms with Crippen LogP contribution in [0.15, 0.2) is 72.8 Å². The molecule has 0 spiro atoms. The van der Waals surface area contributed by atoms with Crippen LogP contribution >= 0.6 is 0 Å². The van der Waals surface area contributed by atoms with E-state index in [0.29, 0.717) is 28.0 Å². The molecule has 1 heterocycles. The highest BCUT2D eigenvalue weighted by atomic mass is 16.5. The maximum absolute atomic E-state index is 12.3. The molecule has 0 aliphatic rings. The first kappa shape index (κ1) is 21.8. The largest absolute Gasteiger partial charge is 0.460 e. The monoisotopic (exact) mass is 442 g/mol. The summed E-state index contributed by atoms with van der Waals surface area (Å²) in [4.78, 5) is 32.9. The Morgan fingerprint density at radius 3 is 2.39 bits per heavy atom. The lowest BCUT2D eigenvalue weighted by atomic mass is 10.2. The van der Waals surface area contributed by atoms with E-state index in [4.69, 9.17) is 9.47 Å². The topological polar surface area (TPSA) is 102 Å². The Kier molecular flexibility index (Phi) is 6.45. The number of fused-ring (bicyclic) bond motifs is 1. The van der Waals surface area contributed by atoms with Crippen molar-refractivity contribution in [1.82, 2.24) is 9.97 Å². The Balaban J connectivity index is 1.49. The molecule has 8 heteroatoms. The molecule has 0 unspecified atom stereocenters. The first-order valence-electron chi connectivity index (χ1n) is 10.4. The van der Waals surface area contributed by atoms with Gasteiger partial charge in [-0.25, -0.2) is 14.6 Å². The molecule has 2 N–H and O–H groups in total. The predicted molar refractivity (Wildman–Crippen MR) is 126 cm³/mol. The van der Waals surface area contributed by atoms with Crippen molar-refractivity contribution in [3.8, 4) is 11.6 Å². The number of carbonyl (C=O) groups excluding carboxylic acids is 2. The van der Waals surface area contributed by atoms with Crippen LogP contribution in [0.1, 0.15) is 23.1 Å². The molecule has 0 atom stereocenters. The number of nitrogens with one attached hydrogen (secondary N) is 2. The van der Waals surface area contributed by atoms with Crippen molar-refractivity contribution in [2.75, 3.05) is 17.2 Å². The van der Waals surface area contributed by atoms with Crippen LogP contribution in [0, 0.1) is 6.92 Å². The summed E-state index contributed by atoms with van der Waals surface area (Å²) in [5, 5.41) is 6.22. The molecule has 0 saturated carbocycles. The number of amides is 2. The molecule has 4 rings (SSSR count). The van der Waals surface area contributed by atoms with Crippen molar-refractivity contribution >= 4 is 34.3 Å². The summed E-state index contributed by atoms with van der Waals surface area (Å²) in [5.74, 6) is 0.0313. The third-order valence-corrected chi connectivity index (χ3v) is 4.63. The Morgan fingerprint density at radius 1 is 0.879 bits per heavy atom. The number of carbonyl (C=O) groups is 2. The van der Waals surface area contributed by atoms with Crippen molar-refractivity contribution in [1.29, 1.82) is 0 Å². The van der Waals surface area contributed by atoms with E-state index in [1.54, 1.807) is 37.3 Å². The van der Waals surface area contributed by atoms with E-state index in [1.807, 2.05) is 49.4 Å². The first-order valence-corrected chi connectivity index (χ1v) is 10.4. The van der Waals surface area contributed by atoms with Crippen LogP contribution in [0.4, 0.5) is 16.2 Å². The molecular weight excluding hydrogens is 420 g/mol. The summed E-state index contributed by atoms with van der Waals surface area (Å²) in [6.45, 7) is 3.89. The fourth-order valence-corrected chi connectivity index (χ4v) is 3.15. The average molecular weight is 442 g/mol. The van der Waals surface area contributed by atoms with Gasteiger partial charge in [0, 0.05) is 11.4 Å². The second-order valence-electron chi connectivity index (χ2n) is 7.17. The minimum Gasteiger partial charge on any atom is -0.460 e. The highest BCUT2D eigenvalue weighted by Gasteiger charge is 2.16. The molecular formula is C25H22N4O4. The predicted octanol–water partition coefficient (Wildman–Crippen LogP) is 5.55. The molecule has 33 heavy (non-hydrogen) atoms. The third kappa shape index (κ3) is 5.43. The Bertz CT molecular complexity index is 1310. The molecule has 0 bridgehead atoms. The number of hydrogen-bond acceptors (Lipinski definition) is 6. The second-order valence-corrected chi connectivity index (χ2v) is 7.17. The zero-order chi connectivity index (χ0) is 23.2. The van der Waals surface area contributed by atoms with Gasteiger partial charge in [0.2, 0.25) is 11.7 Å². The number of para-hydroxylation sites is 1. The molecule has 0 saturated heterocycles. The van der Waals surface area contributed by atoms with E-state index in [-0.39, 0.29) is 24.3 Å². The van der Waals surface area contributed by atoms with E-state index in [9.17, 15) is 9.59 Å². The molecule has 0 fully saturated rings. The maximum Gasteiger partial charge on any atom is 0.376 e. The number of anilines is 2. The van der Waals surface area contributed by atoms with Crippen molar-refractivity contribution in [3.05, 3.63) is 84.2 Å². The lowest BCUT2D eigenvalue weighted by molar-refractivity contribution is 0.0511. The van der Waals surface area contributed by atoms with Crippen LogP contribution in [-0.4, -0.2) is 28.6 Å². The molecule has 0 aliphatic heterocycles. The van der Waals surface area contributed by atoms with Gasteiger partial charge >= 0.3 is 12.0 Å². The lowest BCUT2D eigenvalue weighted by Crippen LogP contribution is -2.19. The molecule has 166 valence electrons. The van der Waals surface area contributed by atoms with Gasteiger partial charge in [-0.2, -0.15) is 4.98 Å². The molecule has 0 radical (unpaired) electrons. The summed E-state index contributed by atoms with van der Waals surface area (Å²) in [6, 6.07) is 21.2. The number of aryl methyl sites for hydroxylation is 1. The van der Waals surface area contributed by atoms with Crippen molar-refractivity contribution in [3.63, 3.8) is 0 Å². The second kappa shape index (κ2) is 9.78. The summed E-state index contributed by atoms with van der Waals surface area (Å²) in [5.41, 5.74) is 2.92. The van der Waals surface area contributed by atoms with Crippen LogP contribution in [0.5, 0.6) is 11.6 Å². The van der Waals surface area contributed by atoms with E-state index in [2.05, 4.69) is 20.6 Å². The van der Waals surface area contributed by atoms with Gasteiger partial charge in [0.1, 0.15) is 5.75 Å². The lowest BCUT2D eigenvalue weighted by Gasteiger charge is -2.11. The third-order valence-electron chi connectivity index (χ3n) is 4.63. The van der Waals surface area contributed by atoms with E-state index in [0.717, 1.165) is 5.56 Å². The summed E-state index contributed by atoms with van der Waals surface area (Å²) < 4.78 is 11.0. The fourth-order valence-electron chi connectivity index (χ4n) is 3.15. The number of hydrogen-bond donors (Lipinski definition) is 2. The van der Waals surface area contributed by atoms with Gasteiger partial charge in [-0.15, -0.1) is 0 Å². The summed E-state index contributed by atoms with van der Waals surface area (Å²) in [6.07, 6.45) is 0. The molecule has 1 aromatic heterocycles. The van der Waals surface area contributed by atoms with Crippen molar-refractivity contribution in [2.45, 2.75) is 13.8 Å². The van der Waals surface area contributed by atoms with Gasteiger partial charge in [0.05, 0.1) is 17.5 Å². The smallest absolute Gasteiger partial charge is 0.376 e. The first-order chi connectivity index (χ1) is 16.0. The van der Waals surface area contributed by atoms with Gasteiger partial charge in [0.15, 0.2) is 0 Å². The molecule has 4 aromatic rings. The van der Waals surface area contributed by atoms with E-state index >= 15 is 0 Å². The van der Waals surface area contributed by atoms with Crippen LogP contribution < -0.4 is 15.4 Å². The minimum atomic E-state index is -0.618. The number of rotatable bonds is 6. The quantitative estimate of drug-likeness (QED) is 0.380. The van der Waals surface area contributed by atoms with Gasteiger partial charge in [-0.05, 0) is 67.9 Å². The number of urea groups is 1. The summed E-state index contributed by atoms with van der Waals surface area (Å²) >= 11 is 0. The van der Waals surface area contributed by atoms with Gasteiger partial charge in [-0.3, -0.25) is 0 Å². The van der Waals surface area contributed by atoms with Crippen LogP contribution in [0.3, 0.4) is 0 Å². The molecule has 2 amide bonds. The van der Waals surface area contributed by atoms with Gasteiger partial charge in [0.25, 0.3) is 0 Å². The Morgan fingerprint density at radius 2 is 1.64 bits per heavy atom. The van der Waals surface area contributed by atoms with E-state index < -0.39 is 5.97 Å². The zero-order valence-electron chi connectivity index (χ0n) is 18.2. The van der Waals surface area contributed by atoms with Crippen LogP contribution in [-0.2, 0) is 4.74 Å². The zero-order valence-corrected chi connectivity index (χ0v) is 18.2. The minimum absolute atomic E-state index is 0.0725. The number of nitrogens with zero attached hydrogens (tertiary/aromatic N) is 2. The Labute approximate surface area is 190 Å². The SMILES string of the molecule is CCOC(=O)c1nc(Oc2ccc(NC(=O)Nc3cccc(C)c3)cc2)c2ccccc2n1. The normalized spacial score (nSPS) is 10.5. The number of ether oxygens (including phenoxy) is 2. The Hall–Kier alpha value is -4.46. The fraction of sp³-hybridized carbons (Fsp3) is 0.120. The van der Waals surface area contributed by atoms with Gasteiger partial charge in [-0.1, -0.05) is 24.3 Å². The number of esters is 1. The van der Waals surface area contributed by atoms with Crippen LogP contribution in [0.25, 0.3) is 10.9 Å². The maximum atomic E-state index is 12.3. The number of benzene rings is 3. The molecule has 3 aromatic carbocycles. The number of aromatic nitrogens is 2. The van der Waals surface area contributed by atoms with Gasteiger partial charge < -0.3 is 20.1 Å². The van der Waals surface area contributed by atoms with E-state index in [1.165, 1.54) is 0 Å². The summed E-state index contributed by atoms with van der Waals surface area (Å²) in [7, 11) is 0. The highest BCUT2D eigenvalue weighted by molar-refractivity contribution is 5.99.